The second-order valence-electron chi connectivity index (χ2n) is 19.3. The van der Waals surface area contributed by atoms with Gasteiger partial charge in [0.25, 0.3) is 0 Å². The van der Waals surface area contributed by atoms with Crippen molar-refractivity contribution in [1.82, 2.24) is 51.3 Å². The lowest BCUT2D eigenvalue weighted by atomic mass is 9.70. The molecule has 358 valence electrons. The number of amides is 7. The first-order valence-electron chi connectivity index (χ1n) is 23.7. The van der Waals surface area contributed by atoms with Crippen LogP contribution in [0.3, 0.4) is 0 Å². The number of sulfonamides is 1. The van der Waals surface area contributed by atoms with E-state index in [0.29, 0.717) is 62.7 Å². The molecule has 7 fully saturated rings. The van der Waals surface area contributed by atoms with Gasteiger partial charge in [0.2, 0.25) is 51.4 Å². The highest BCUT2D eigenvalue weighted by Gasteiger charge is 2.54. The van der Waals surface area contributed by atoms with Crippen LogP contribution in [0.5, 0.6) is 0 Å². The lowest BCUT2D eigenvalue weighted by molar-refractivity contribution is -0.151. The summed E-state index contributed by atoms with van der Waals surface area (Å²) in [5, 5.41) is 21.9. The Bertz CT molecular complexity index is 1860. The number of likely N-dealkylation sites (N-methyl/N-ethyl adjacent to an activating group) is 1. The molecule has 2 aliphatic carbocycles. The Kier molecular flexibility index (Phi) is 16.8. The maximum Gasteiger partial charge on any atom is 0.249 e. The molecule has 5 heterocycles. The van der Waals surface area contributed by atoms with Crippen molar-refractivity contribution in [3.63, 3.8) is 0 Å². The molecule has 0 aromatic carbocycles. The summed E-state index contributed by atoms with van der Waals surface area (Å²) in [6.07, 6.45) is 13.5. The van der Waals surface area contributed by atoms with Crippen LogP contribution < -0.4 is 37.2 Å². The van der Waals surface area contributed by atoms with Gasteiger partial charge < -0.3 is 26.6 Å². The van der Waals surface area contributed by atoms with Crippen LogP contribution >= 0.6 is 11.8 Å². The summed E-state index contributed by atoms with van der Waals surface area (Å²) in [6, 6.07) is -0.472. The van der Waals surface area contributed by atoms with E-state index in [1.54, 1.807) is 11.8 Å². The Labute approximate surface area is 381 Å². The summed E-state index contributed by atoms with van der Waals surface area (Å²) in [5.74, 6) is -0.700. The lowest BCUT2D eigenvalue weighted by Gasteiger charge is -2.42. The lowest BCUT2D eigenvalue weighted by Crippen LogP contribution is -2.54. The zero-order valence-electron chi connectivity index (χ0n) is 37.4. The van der Waals surface area contributed by atoms with Gasteiger partial charge in [-0.1, -0.05) is 19.3 Å². The average Bonchev–Trinajstić information content (AvgIpc) is 4.02. The van der Waals surface area contributed by atoms with Crippen molar-refractivity contribution in [3.05, 3.63) is 0 Å². The van der Waals surface area contributed by atoms with Crippen molar-refractivity contribution in [1.29, 1.82) is 0 Å². The molecule has 7 N–H and O–H groups in total. The van der Waals surface area contributed by atoms with Crippen molar-refractivity contribution < 1.29 is 42.0 Å². The van der Waals surface area contributed by atoms with Gasteiger partial charge in [0.15, 0.2) is 0 Å². The van der Waals surface area contributed by atoms with Crippen LogP contribution in [-0.4, -0.2) is 159 Å². The van der Waals surface area contributed by atoms with Gasteiger partial charge >= 0.3 is 0 Å². The summed E-state index contributed by atoms with van der Waals surface area (Å²) in [6.45, 7) is 2.96. The molecule has 5 saturated heterocycles. The van der Waals surface area contributed by atoms with Gasteiger partial charge in [-0.15, -0.1) is 11.8 Å². The number of imide groups is 2. The minimum absolute atomic E-state index is 0.0183. The summed E-state index contributed by atoms with van der Waals surface area (Å²) in [7, 11) is -1.32. The molecule has 7 aliphatic rings. The first kappa shape index (κ1) is 48.7. The number of piperidine rings is 2. The van der Waals surface area contributed by atoms with E-state index < -0.39 is 39.7 Å². The molecule has 0 spiro atoms. The first-order valence-corrected chi connectivity index (χ1v) is 26.6. The van der Waals surface area contributed by atoms with Gasteiger partial charge in [-0.2, -0.15) is 0 Å². The smallest absolute Gasteiger partial charge is 0.249 e. The fraction of sp³-hybridized carbons (Fsp3) is 0.837. The van der Waals surface area contributed by atoms with Crippen LogP contribution in [0.15, 0.2) is 0 Å². The number of hydrogen-bond acceptors (Lipinski definition) is 14. The zero-order chi connectivity index (χ0) is 45.5. The second kappa shape index (κ2) is 22.1. The topological polar surface area (TPSA) is 248 Å². The quantitative estimate of drug-likeness (QED) is 0.0670. The van der Waals surface area contributed by atoms with Crippen LogP contribution in [-0.2, 0) is 43.6 Å². The summed E-state index contributed by atoms with van der Waals surface area (Å²) >= 11 is 1.68. The van der Waals surface area contributed by atoms with Gasteiger partial charge in [0.1, 0.15) is 11.5 Å². The third-order valence-corrected chi connectivity index (χ3v) is 17.3. The Morgan fingerprint density at radius 1 is 0.844 bits per heavy atom. The molecule has 7 rings (SSSR count). The Morgan fingerprint density at radius 3 is 2.39 bits per heavy atom. The van der Waals surface area contributed by atoms with Crippen molar-refractivity contribution in [3.8, 4) is 0 Å². The van der Waals surface area contributed by atoms with Crippen LogP contribution in [0.2, 0.25) is 0 Å². The number of nitrogens with zero attached hydrogens (tertiary/aromatic N) is 3. The number of likely N-dealkylation sites (tertiary alicyclic amines) is 1. The predicted molar refractivity (Wildman–Crippen MR) is 239 cm³/mol. The monoisotopic (exact) mass is 934 g/mol. The molecule has 64 heavy (non-hydrogen) atoms. The van der Waals surface area contributed by atoms with Crippen molar-refractivity contribution in [2.24, 2.45) is 35.5 Å². The number of hydrogen-bond donors (Lipinski definition) is 7. The Balaban J connectivity index is 0.735. The molecule has 7 amide bonds. The molecule has 21 heteroatoms. The van der Waals surface area contributed by atoms with E-state index in [-0.39, 0.29) is 79.1 Å². The minimum Gasteiger partial charge on any atom is -0.355 e. The third kappa shape index (κ3) is 12.4. The highest BCUT2D eigenvalue weighted by Crippen LogP contribution is 2.42. The molecule has 0 radical (unpaired) electrons. The molecular weight excluding hydrogens is 865 g/mol. The number of carbonyl (C=O) groups excluding carboxylic acids is 7. The van der Waals surface area contributed by atoms with Crippen LogP contribution in [0.4, 0.5) is 0 Å². The molecular formula is C43H70N10O9S2. The SMILES string of the molecule is CN(CC(=O)NCCCCCNC1CCC2C(=O)N(C3CCC(=O)NC3=O)C(=O)C2C1)C1CC(C2CCCC(C3CSC(NC(=O)CNC(=O)C4CCN(S(C)(=O)=O)C4)N3)C2)CCN1. The number of nitrogens with one attached hydrogen (secondary N) is 7. The highest BCUT2D eigenvalue weighted by atomic mass is 32.2. The first-order chi connectivity index (χ1) is 30.6. The molecule has 5 aliphatic heterocycles. The largest absolute Gasteiger partial charge is 0.355 e. The Hall–Kier alpha value is -3.21. The van der Waals surface area contributed by atoms with Gasteiger partial charge in [-0.3, -0.25) is 54.0 Å². The number of rotatable bonds is 18. The normalized spacial score (nSPS) is 33.9. The van der Waals surface area contributed by atoms with Crippen molar-refractivity contribution in [2.45, 2.75) is 126 Å². The zero-order valence-corrected chi connectivity index (χ0v) is 39.1. The van der Waals surface area contributed by atoms with Gasteiger partial charge in [0.05, 0.1) is 43.3 Å². The summed E-state index contributed by atoms with van der Waals surface area (Å²) < 4.78 is 24.9. The van der Waals surface area contributed by atoms with Gasteiger partial charge in [-0.25, -0.2) is 12.7 Å². The van der Waals surface area contributed by atoms with Crippen LogP contribution in [0.1, 0.15) is 96.3 Å². The molecule has 2 saturated carbocycles. The van der Waals surface area contributed by atoms with Gasteiger partial charge in [-0.05, 0) is 109 Å². The van der Waals surface area contributed by atoms with Crippen LogP contribution in [0, 0.1) is 35.5 Å². The maximum atomic E-state index is 13.3. The molecule has 0 aromatic rings. The van der Waals surface area contributed by atoms with E-state index in [1.807, 2.05) is 7.05 Å². The molecule has 0 aromatic heterocycles. The van der Waals surface area contributed by atoms with Crippen LogP contribution in [0.25, 0.3) is 0 Å². The van der Waals surface area contributed by atoms with E-state index in [0.717, 1.165) is 81.4 Å². The fourth-order valence-corrected chi connectivity index (χ4v) is 13.5. The predicted octanol–water partition coefficient (Wildman–Crippen LogP) is -0.612. The second-order valence-corrected chi connectivity index (χ2v) is 22.5. The van der Waals surface area contributed by atoms with Crippen molar-refractivity contribution in [2.75, 3.05) is 64.9 Å². The molecule has 19 nitrogen and oxygen atoms in total. The summed E-state index contributed by atoms with van der Waals surface area (Å²) in [5.41, 5.74) is -0.220. The average molecular weight is 935 g/mol. The number of unbranched alkanes of at least 4 members (excludes halogenated alkanes) is 2. The van der Waals surface area contributed by atoms with E-state index in [2.05, 4.69) is 42.1 Å². The number of fused-ring (bicyclic) bond motifs is 1. The minimum atomic E-state index is -3.34. The van der Waals surface area contributed by atoms with E-state index >= 15 is 0 Å². The van der Waals surface area contributed by atoms with E-state index in [4.69, 9.17) is 0 Å². The van der Waals surface area contributed by atoms with Crippen molar-refractivity contribution >= 4 is 63.1 Å². The highest BCUT2D eigenvalue weighted by molar-refractivity contribution is 8.00. The maximum absolute atomic E-state index is 13.3. The summed E-state index contributed by atoms with van der Waals surface area (Å²) in [4.78, 5) is 91.9. The molecule has 11 atom stereocenters. The fourth-order valence-electron chi connectivity index (χ4n) is 11.3. The van der Waals surface area contributed by atoms with E-state index in [1.165, 1.54) is 17.1 Å². The number of thioether (sulfide) groups is 1. The van der Waals surface area contributed by atoms with E-state index in [9.17, 15) is 42.0 Å². The Morgan fingerprint density at radius 2 is 1.61 bits per heavy atom. The number of carbonyl (C=O) groups is 7. The van der Waals surface area contributed by atoms with Gasteiger partial charge in [0, 0.05) is 43.9 Å². The molecule has 11 unspecified atom stereocenters. The standard InChI is InChI=1S/C43H70N10O9S2/c1-51(24-38(56)46-16-5-3-4-15-44-30-9-10-31-32(21-30)42(60)53(41(31)59)34-11-12-36(54)49-40(34)58)35-20-27(13-17-45-35)26-7-6-8-28(19-26)33-25-63-43(48-33)50-37(55)22-47-39(57)29-14-18-52(23-29)64(2,61)62/h26-35,43-45,48H,3-25H2,1-2H3,(H,46,56)(H,47,57)(H,50,55)(H,49,54,58). The third-order valence-electron chi connectivity index (χ3n) is 14.9. The molecule has 0 bridgehead atoms.